The molecule has 0 aromatic heterocycles. The van der Waals surface area contributed by atoms with Crippen molar-refractivity contribution in [2.45, 2.75) is 24.4 Å². The van der Waals surface area contributed by atoms with Gasteiger partial charge in [-0.3, -0.25) is 4.79 Å². The summed E-state index contributed by atoms with van der Waals surface area (Å²) in [6, 6.07) is 15.6. The smallest absolute Gasteiger partial charge is 0.330 e. The number of allylic oxidation sites excluding steroid dienone is 1. The van der Waals surface area contributed by atoms with E-state index in [1.54, 1.807) is 36.4 Å². The highest BCUT2D eigenvalue weighted by Gasteiger charge is 2.30. The number of ketones is 1. The van der Waals surface area contributed by atoms with Crippen molar-refractivity contribution in [1.82, 2.24) is 0 Å². The van der Waals surface area contributed by atoms with Gasteiger partial charge < -0.3 is 30.3 Å². The highest BCUT2D eigenvalue weighted by Crippen LogP contribution is 2.18. The first-order chi connectivity index (χ1) is 15.2. The molecule has 0 amide bonds. The molecule has 2 rings (SSSR count). The summed E-state index contributed by atoms with van der Waals surface area (Å²) in [5.74, 6) is -1.03. The maximum atomic E-state index is 12.6. The van der Waals surface area contributed by atoms with Crippen molar-refractivity contribution in [3.8, 4) is 0 Å². The lowest BCUT2D eigenvalue weighted by Crippen LogP contribution is -2.47. The molecule has 0 spiro atoms. The van der Waals surface area contributed by atoms with Gasteiger partial charge in [-0.15, -0.1) is 0 Å². The zero-order chi connectivity index (χ0) is 23.7. The van der Waals surface area contributed by atoms with Crippen molar-refractivity contribution in [3.05, 3.63) is 83.9 Å². The van der Waals surface area contributed by atoms with Crippen LogP contribution < -0.4 is 0 Å². The molecule has 0 aliphatic heterocycles. The van der Waals surface area contributed by atoms with Gasteiger partial charge in [-0.05, 0) is 17.2 Å². The number of ether oxygens (including phenoxy) is 1. The number of hydrogen-bond donors (Lipinski definition) is 5. The first kappa shape index (κ1) is 25.1. The average molecular weight is 442 g/mol. The van der Waals surface area contributed by atoms with Crippen LogP contribution in [0.2, 0.25) is 0 Å². The monoisotopic (exact) mass is 442 g/mol. The lowest BCUT2D eigenvalue weighted by atomic mass is 9.97. The van der Waals surface area contributed by atoms with E-state index in [9.17, 15) is 30.0 Å². The van der Waals surface area contributed by atoms with Gasteiger partial charge in [-0.2, -0.15) is 0 Å². The average Bonchev–Trinajstić information content (AvgIpc) is 2.84. The predicted molar refractivity (Wildman–Crippen MR) is 117 cm³/mol. The largest absolute Gasteiger partial charge is 0.460 e. The lowest BCUT2D eigenvalue weighted by molar-refractivity contribution is -0.151. The van der Waals surface area contributed by atoms with Crippen LogP contribution >= 0.6 is 0 Å². The van der Waals surface area contributed by atoms with Gasteiger partial charge in [0.05, 0.1) is 6.61 Å². The Bertz CT molecular complexity index is 936. The number of hydrogen-bond acceptors (Lipinski definition) is 8. The highest BCUT2D eigenvalue weighted by molar-refractivity contribution is 6.28. The molecule has 0 saturated carbocycles. The number of carbonyl (C=O) groups excluding carboxylic acids is 2. The second kappa shape index (κ2) is 12.0. The molecule has 0 radical (unpaired) electrons. The fraction of sp³-hybridized carbons (Fsp3) is 0.250. The number of aliphatic hydroxyl groups excluding tert-OH is 5. The molecule has 0 fully saturated rings. The molecular weight excluding hydrogens is 416 g/mol. The van der Waals surface area contributed by atoms with Gasteiger partial charge in [0.15, 0.2) is 5.78 Å². The minimum Gasteiger partial charge on any atom is -0.460 e. The van der Waals surface area contributed by atoms with E-state index in [1.807, 2.05) is 18.2 Å². The van der Waals surface area contributed by atoms with Crippen LogP contribution in [0.1, 0.15) is 21.5 Å². The van der Waals surface area contributed by atoms with Gasteiger partial charge >= 0.3 is 5.97 Å². The van der Waals surface area contributed by atoms with E-state index in [0.29, 0.717) is 16.7 Å². The fourth-order valence-corrected chi connectivity index (χ4v) is 2.73. The number of Topliss-reactive ketones (excluding diaryl/α,β-unsaturated/α-hetero) is 1. The number of esters is 1. The van der Waals surface area contributed by atoms with Crippen LogP contribution in [0.15, 0.2) is 67.3 Å². The molecule has 5 N–H and O–H groups in total. The zero-order valence-corrected chi connectivity index (χ0v) is 17.2. The summed E-state index contributed by atoms with van der Waals surface area (Å²) in [6.45, 7) is 2.41. The highest BCUT2D eigenvalue weighted by atomic mass is 16.5. The molecule has 0 aliphatic carbocycles. The van der Waals surface area contributed by atoms with Crippen LogP contribution in [0.25, 0.3) is 11.6 Å². The summed E-state index contributed by atoms with van der Waals surface area (Å²) < 4.78 is 4.80. The van der Waals surface area contributed by atoms with Crippen LogP contribution in [0, 0.1) is 0 Å². The van der Waals surface area contributed by atoms with Gasteiger partial charge in [0, 0.05) is 17.2 Å². The molecular formula is C24H26O8. The molecule has 8 nitrogen and oxygen atoms in total. The van der Waals surface area contributed by atoms with E-state index < -0.39 is 43.6 Å². The minimum atomic E-state index is -1.82. The summed E-state index contributed by atoms with van der Waals surface area (Å²) in [4.78, 5) is 24.4. The number of aliphatic hydroxyl groups is 5. The van der Waals surface area contributed by atoms with Crippen molar-refractivity contribution in [3.63, 3.8) is 0 Å². The topological polar surface area (TPSA) is 145 Å². The molecule has 0 heterocycles. The third kappa shape index (κ3) is 6.94. The maximum absolute atomic E-state index is 12.6. The van der Waals surface area contributed by atoms with E-state index in [-0.39, 0.29) is 5.78 Å². The van der Waals surface area contributed by atoms with E-state index in [4.69, 9.17) is 9.84 Å². The van der Waals surface area contributed by atoms with Crippen LogP contribution in [0.3, 0.4) is 0 Å². The van der Waals surface area contributed by atoms with Crippen molar-refractivity contribution in [1.29, 1.82) is 0 Å². The third-order valence-electron chi connectivity index (χ3n) is 4.70. The van der Waals surface area contributed by atoms with Crippen LogP contribution in [-0.4, -0.2) is 74.9 Å². The van der Waals surface area contributed by atoms with Crippen LogP contribution in [0.4, 0.5) is 0 Å². The summed E-state index contributed by atoms with van der Waals surface area (Å²) in [5, 5.41) is 46.9. The zero-order valence-electron chi connectivity index (χ0n) is 17.2. The van der Waals surface area contributed by atoms with Crippen LogP contribution in [0.5, 0.6) is 0 Å². The molecule has 2 aromatic carbocycles. The van der Waals surface area contributed by atoms with E-state index in [1.165, 1.54) is 6.08 Å². The molecule has 170 valence electrons. The fourth-order valence-electron chi connectivity index (χ4n) is 2.73. The second-order valence-electron chi connectivity index (χ2n) is 7.06. The molecule has 0 aliphatic rings. The van der Waals surface area contributed by atoms with E-state index in [0.717, 1.165) is 11.6 Å². The first-order valence-electron chi connectivity index (χ1n) is 9.81. The summed E-state index contributed by atoms with van der Waals surface area (Å²) >= 11 is 0. The minimum absolute atomic E-state index is 0.216. The molecule has 0 unspecified atom stereocenters. The number of rotatable bonds is 11. The summed E-state index contributed by atoms with van der Waals surface area (Å²) in [5.41, 5.74) is 2.16. The predicted octanol–water partition coefficient (Wildman–Crippen LogP) is 0.575. The Balaban J connectivity index is 1.89. The molecule has 0 bridgehead atoms. The normalized spacial score (nSPS) is 15.0. The van der Waals surface area contributed by atoms with Gasteiger partial charge in [-0.25, -0.2) is 4.79 Å². The maximum Gasteiger partial charge on any atom is 0.330 e. The van der Waals surface area contributed by atoms with Gasteiger partial charge in [-0.1, -0.05) is 61.2 Å². The Morgan fingerprint density at radius 2 is 1.47 bits per heavy atom. The Hall–Kier alpha value is -3.14. The molecule has 2 aromatic rings. The van der Waals surface area contributed by atoms with Crippen molar-refractivity contribution in [2.75, 3.05) is 13.2 Å². The summed E-state index contributed by atoms with van der Waals surface area (Å²) in [6.07, 6.45) is -4.39. The van der Waals surface area contributed by atoms with Gasteiger partial charge in [0.2, 0.25) is 0 Å². The quantitative estimate of drug-likeness (QED) is 0.193. The Morgan fingerprint density at radius 3 is 2.06 bits per heavy atom. The Kier molecular flexibility index (Phi) is 9.45. The lowest BCUT2D eigenvalue weighted by Gasteiger charge is -2.25. The molecule has 4 atom stereocenters. The van der Waals surface area contributed by atoms with E-state index in [2.05, 4.69) is 6.58 Å². The second-order valence-corrected chi connectivity index (χ2v) is 7.06. The molecule has 8 heteroatoms. The Morgan fingerprint density at radius 1 is 0.875 bits per heavy atom. The van der Waals surface area contributed by atoms with E-state index >= 15 is 0 Å². The van der Waals surface area contributed by atoms with Crippen molar-refractivity contribution >= 4 is 23.4 Å². The van der Waals surface area contributed by atoms with Crippen LogP contribution in [-0.2, 0) is 9.53 Å². The first-order valence-corrected chi connectivity index (χ1v) is 9.81. The van der Waals surface area contributed by atoms with Crippen molar-refractivity contribution < 1.29 is 39.9 Å². The van der Waals surface area contributed by atoms with Crippen molar-refractivity contribution in [2.24, 2.45) is 0 Å². The standard InChI is InChI=1S/C24H26O8/c1-15(17-5-3-2-4-6-17)22(29)18-10-7-16(8-11-18)9-12-21(28)32-14-20(27)24(31)23(30)19(26)13-25/h2-12,19-20,23-27,30-31H,1,13-14H2/t19-,20+,23-,24-/m1/s1. The SMILES string of the molecule is C=C(C(=O)c1ccc(C=CC(=O)OC[C@H](O)[C@@H](O)[C@H](O)[C@H](O)CO)cc1)c1ccccc1. The van der Waals surface area contributed by atoms with Gasteiger partial charge in [0.25, 0.3) is 0 Å². The number of carbonyl (C=O) groups is 2. The molecule has 32 heavy (non-hydrogen) atoms. The van der Waals surface area contributed by atoms with Gasteiger partial charge in [0.1, 0.15) is 31.0 Å². The Labute approximate surface area is 185 Å². The number of benzene rings is 2. The molecule has 0 saturated heterocycles. The third-order valence-corrected chi connectivity index (χ3v) is 4.70. The summed E-state index contributed by atoms with van der Waals surface area (Å²) in [7, 11) is 0.